The van der Waals surface area contributed by atoms with Gasteiger partial charge in [-0.1, -0.05) is 0 Å². The largest absolute Gasteiger partial charge is 0.460 e. The molecule has 0 aromatic heterocycles. The van der Waals surface area contributed by atoms with Crippen molar-refractivity contribution in [3.05, 3.63) is 0 Å². The normalized spacial score (nSPS) is 21.2. The maximum Gasteiger partial charge on any atom is 0.307 e. The first-order valence-electron chi connectivity index (χ1n) is 6.26. The monoisotopic (exact) mass is 259 g/mol. The Balaban J connectivity index is 2.29. The van der Waals surface area contributed by atoms with E-state index in [1.54, 1.807) is 0 Å². The second kappa shape index (κ2) is 5.61. The zero-order valence-electron chi connectivity index (χ0n) is 11.7. The molecule has 17 heavy (non-hydrogen) atoms. The highest BCUT2D eigenvalue weighted by Gasteiger charge is 2.27. The van der Waals surface area contributed by atoms with Crippen LogP contribution in [-0.2, 0) is 9.53 Å². The molecule has 0 N–H and O–H groups in total. The number of nitrogens with zero attached hydrogens (tertiary/aromatic N) is 1. The van der Waals surface area contributed by atoms with Crippen LogP contribution in [0.2, 0.25) is 0 Å². The molecule has 100 valence electrons. The van der Waals surface area contributed by atoms with Crippen molar-refractivity contribution in [1.82, 2.24) is 4.90 Å². The van der Waals surface area contributed by atoms with Gasteiger partial charge in [0.1, 0.15) is 5.60 Å². The van der Waals surface area contributed by atoms with E-state index >= 15 is 0 Å². The molecule has 0 saturated carbocycles. The third kappa shape index (κ3) is 6.32. The lowest BCUT2D eigenvalue weighted by Crippen LogP contribution is -2.44. The maximum atomic E-state index is 11.6. The number of carbonyl (C=O) groups is 1. The summed E-state index contributed by atoms with van der Waals surface area (Å²) in [6.07, 6.45) is 0.498. The zero-order chi connectivity index (χ0) is 13.1. The van der Waals surface area contributed by atoms with Crippen LogP contribution in [0.25, 0.3) is 0 Å². The Morgan fingerprint density at radius 2 is 2.06 bits per heavy atom. The molecular weight excluding hydrogens is 234 g/mol. The number of ether oxygens (including phenoxy) is 1. The SMILES string of the molecule is CC(C)(C)OC(=O)CCN1CCSC(C)(C)C1. The van der Waals surface area contributed by atoms with Crippen LogP contribution in [0.3, 0.4) is 0 Å². The minimum atomic E-state index is -0.367. The summed E-state index contributed by atoms with van der Waals surface area (Å²) >= 11 is 2.01. The van der Waals surface area contributed by atoms with Crippen molar-refractivity contribution in [2.24, 2.45) is 0 Å². The van der Waals surface area contributed by atoms with Crippen molar-refractivity contribution in [1.29, 1.82) is 0 Å². The molecule has 0 aliphatic carbocycles. The Morgan fingerprint density at radius 1 is 1.41 bits per heavy atom. The van der Waals surface area contributed by atoms with E-state index in [1.165, 1.54) is 0 Å². The predicted molar refractivity (Wildman–Crippen MR) is 73.4 cm³/mol. The van der Waals surface area contributed by atoms with Crippen molar-refractivity contribution in [3.8, 4) is 0 Å². The fourth-order valence-corrected chi connectivity index (χ4v) is 3.12. The van der Waals surface area contributed by atoms with Gasteiger partial charge in [-0.05, 0) is 34.6 Å². The van der Waals surface area contributed by atoms with E-state index in [4.69, 9.17) is 4.74 Å². The molecule has 4 heteroatoms. The standard InChI is InChI=1S/C13H25NO2S/c1-12(2,3)16-11(15)6-7-14-8-9-17-13(4,5)10-14/h6-10H2,1-5H3. The molecule has 1 aliphatic rings. The number of hydrogen-bond acceptors (Lipinski definition) is 4. The van der Waals surface area contributed by atoms with E-state index in [-0.39, 0.29) is 11.6 Å². The summed E-state index contributed by atoms with van der Waals surface area (Å²) in [6, 6.07) is 0. The first kappa shape index (κ1) is 14.8. The molecular formula is C13H25NO2S. The highest BCUT2D eigenvalue weighted by molar-refractivity contribution is 8.00. The van der Waals surface area contributed by atoms with Gasteiger partial charge < -0.3 is 9.64 Å². The lowest BCUT2D eigenvalue weighted by Gasteiger charge is -2.37. The Kier molecular flexibility index (Phi) is 4.90. The van der Waals surface area contributed by atoms with Crippen LogP contribution in [0.4, 0.5) is 0 Å². The summed E-state index contributed by atoms with van der Waals surface area (Å²) in [5, 5.41) is 0. The highest BCUT2D eigenvalue weighted by Crippen LogP contribution is 2.29. The lowest BCUT2D eigenvalue weighted by atomic mass is 10.1. The van der Waals surface area contributed by atoms with Crippen LogP contribution < -0.4 is 0 Å². The van der Waals surface area contributed by atoms with Crippen LogP contribution in [0.1, 0.15) is 41.0 Å². The molecule has 0 spiro atoms. The zero-order valence-corrected chi connectivity index (χ0v) is 12.5. The number of esters is 1. The van der Waals surface area contributed by atoms with Gasteiger partial charge in [0.15, 0.2) is 0 Å². The van der Waals surface area contributed by atoms with E-state index in [9.17, 15) is 4.79 Å². The van der Waals surface area contributed by atoms with Crippen molar-refractivity contribution in [2.75, 3.05) is 25.4 Å². The van der Waals surface area contributed by atoms with Gasteiger partial charge in [-0.2, -0.15) is 11.8 Å². The topological polar surface area (TPSA) is 29.5 Å². The molecule has 0 radical (unpaired) electrons. The lowest BCUT2D eigenvalue weighted by molar-refractivity contribution is -0.155. The highest BCUT2D eigenvalue weighted by atomic mass is 32.2. The van der Waals surface area contributed by atoms with Gasteiger partial charge in [0.05, 0.1) is 6.42 Å². The third-order valence-electron chi connectivity index (χ3n) is 2.56. The van der Waals surface area contributed by atoms with Gasteiger partial charge in [0, 0.05) is 30.1 Å². The number of carbonyl (C=O) groups excluding carboxylic acids is 1. The Labute approximate surface area is 109 Å². The van der Waals surface area contributed by atoms with Gasteiger partial charge in [-0.25, -0.2) is 0 Å². The molecule has 0 amide bonds. The molecule has 0 bridgehead atoms. The molecule has 3 nitrogen and oxygen atoms in total. The van der Waals surface area contributed by atoms with Crippen molar-refractivity contribution in [3.63, 3.8) is 0 Å². The summed E-state index contributed by atoms with van der Waals surface area (Å²) in [4.78, 5) is 14.0. The molecule has 1 fully saturated rings. The van der Waals surface area contributed by atoms with E-state index in [2.05, 4.69) is 18.7 Å². The minimum absolute atomic E-state index is 0.0893. The van der Waals surface area contributed by atoms with Crippen LogP contribution in [0.5, 0.6) is 0 Å². The first-order chi connectivity index (χ1) is 7.68. The summed E-state index contributed by atoms with van der Waals surface area (Å²) in [5.74, 6) is 1.06. The Morgan fingerprint density at radius 3 is 2.59 bits per heavy atom. The second-order valence-electron chi connectivity index (χ2n) is 6.22. The van der Waals surface area contributed by atoms with Crippen LogP contribution in [0.15, 0.2) is 0 Å². The van der Waals surface area contributed by atoms with Gasteiger partial charge >= 0.3 is 5.97 Å². The summed E-state index contributed by atoms with van der Waals surface area (Å²) in [7, 11) is 0. The van der Waals surface area contributed by atoms with E-state index in [1.807, 2.05) is 32.5 Å². The summed E-state index contributed by atoms with van der Waals surface area (Å²) in [6.45, 7) is 13.2. The second-order valence-corrected chi connectivity index (χ2v) is 8.02. The number of rotatable bonds is 3. The molecule has 1 aliphatic heterocycles. The fourth-order valence-electron chi connectivity index (χ4n) is 1.95. The Hall–Kier alpha value is -0.220. The van der Waals surface area contributed by atoms with Crippen molar-refractivity contribution < 1.29 is 9.53 Å². The molecule has 0 unspecified atom stereocenters. The van der Waals surface area contributed by atoms with Gasteiger partial charge in [0.25, 0.3) is 0 Å². The summed E-state index contributed by atoms with van der Waals surface area (Å²) < 4.78 is 5.62. The van der Waals surface area contributed by atoms with Gasteiger partial charge in [-0.15, -0.1) is 0 Å². The van der Waals surface area contributed by atoms with E-state index in [0.717, 1.165) is 25.4 Å². The first-order valence-corrected chi connectivity index (χ1v) is 7.25. The van der Waals surface area contributed by atoms with E-state index < -0.39 is 0 Å². The predicted octanol–water partition coefficient (Wildman–Crippen LogP) is 2.55. The van der Waals surface area contributed by atoms with Crippen molar-refractivity contribution >= 4 is 17.7 Å². The van der Waals surface area contributed by atoms with Crippen LogP contribution in [-0.4, -0.2) is 46.6 Å². The average molecular weight is 259 g/mol. The average Bonchev–Trinajstić information content (AvgIpc) is 2.10. The van der Waals surface area contributed by atoms with Gasteiger partial charge in [-0.3, -0.25) is 4.79 Å². The third-order valence-corrected chi connectivity index (χ3v) is 3.85. The summed E-state index contributed by atoms with van der Waals surface area (Å²) in [5.41, 5.74) is -0.367. The number of thioether (sulfide) groups is 1. The Bertz CT molecular complexity index is 271. The molecule has 1 saturated heterocycles. The van der Waals surface area contributed by atoms with Crippen molar-refractivity contribution in [2.45, 2.75) is 51.4 Å². The van der Waals surface area contributed by atoms with Crippen LogP contribution in [0, 0.1) is 0 Å². The van der Waals surface area contributed by atoms with Crippen LogP contribution >= 0.6 is 11.8 Å². The molecule has 1 heterocycles. The van der Waals surface area contributed by atoms with E-state index in [0.29, 0.717) is 11.2 Å². The quantitative estimate of drug-likeness (QED) is 0.729. The maximum absolute atomic E-state index is 11.6. The molecule has 0 aromatic rings. The van der Waals surface area contributed by atoms with Gasteiger partial charge in [0.2, 0.25) is 0 Å². The number of hydrogen-bond donors (Lipinski definition) is 0. The molecule has 1 rings (SSSR count). The molecule has 0 atom stereocenters. The smallest absolute Gasteiger partial charge is 0.307 e. The minimum Gasteiger partial charge on any atom is -0.460 e. The fraction of sp³-hybridized carbons (Fsp3) is 0.923. The molecule has 0 aromatic carbocycles.